The van der Waals surface area contributed by atoms with Crippen LogP contribution in [-0.2, 0) is 19.1 Å². The van der Waals surface area contributed by atoms with E-state index < -0.39 is 35.5 Å². The van der Waals surface area contributed by atoms with Crippen molar-refractivity contribution < 1.29 is 24.2 Å². The number of esters is 1. The summed E-state index contributed by atoms with van der Waals surface area (Å²) in [4.78, 5) is 34.4. The molecule has 2 atom stereocenters. The quantitative estimate of drug-likeness (QED) is 0.429. The lowest BCUT2D eigenvalue weighted by molar-refractivity contribution is -0.155. The molecule has 0 saturated carbocycles. The van der Waals surface area contributed by atoms with Gasteiger partial charge in [0.15, 0.2) is 0 Å². The van der Waals surface area contributed by atoms with Gasteiger partial charge in [-0.1, -0.05) is 0 Å². The molecule has 8 nitrogen and oxygen atoms in total. The summed E-state index contributed by atoms with van der Waals surface area (Å²) in [7, 11) is 0. The van der Waals surface area contributed by atoms with E-state index in [0.717, 1.165) is 0 Å². The van der Waals surface area contributed by atoms with E-state index in [1.54, 1.807) is 20.8 Å². The maximum absolute atomic E-state index is 11.8. The van der Waals surface area contributed by atoms with Crippen LogP contribution in [0.2, 0.25) is 0 Å². The van der Waals surface area contributed by atoms with E-state index in [0.29, 0.717) is 13.0 Å². The van der Waals surface area contributed by atoms with Crippen molar-refractivity contribution in [1.82, 2.24) is 5.32 Å². The molecule has 0 unspecified atom stereocenters. The van der Waals surface area contributed by atoms with Crippen LogP contribution >= 0.6 is 0 Å². The number of carboxylic acids is 1. The van der Waals surface area contributed by atoms with E-state index in [1.165, 1.54) is 0 Å². The number of rotatable bonds is 9. The minimum absolute atomic E-state index is 0.00754. The summed E-state index contributed by atoms with van der Waals surface area (Å²) < 4.78 is 5.11. The fourth-order valence-corrected chi connectivity index (χ4v) is 1.66. The number of ether oxygens (including phenoxy) is 1. The molecule has 6 N–H and O–H groups in total. The van der Waals surface area contributed by atoms with Crippen LogP contribution in [0, 0.1) is 0 Å². The van der Waals surface area contributed by atoms with E-state index in [-0.39, 0.29) is 19.3 Å². The largest absolute Gasteiger partial charge is 0.480 e. The van der Waals surface area contributed by atoms with E-state index >= 15 is 0 Å². The minimum atomic E-state index is -1.14. The Morgan fingerprint density at radius 3 is 2.27 bits per heavy atom. The van der Waals surface area contributed by atoms with E-state index in [1.807, 2.05) is 0 Å². The second-order valence-electron chi connectivity index (χ2n) is 6.06. The van der Waals surface area contributed by atoms with Gasteiger partial charge < -0.3 is 26.6 Å². The molecule has 0 fully saturated rings. The van der Waals surface area contributed by atoms with Crippen molar-refractivity contribution in [3.63, 3.8) is 0 Å². The number of carbonyl (C=O) groups excluding carboxylic acids is 2. The van der Waals surface area contributed by atoms with Crippen LogP contribution in [0.5, 0.6) is 0 Å². The molecule has 0 spiro atoms. The minimum Gasteiger partial charge on any atom is -0.480 e. The third-order valence-corrected chi connectivity index (χ3v) is 2.73. The molecule has 1 amide bonds. The zero-order chi connectivity index (χ0) is 17.3. The molecule has 0 aliphatic heterocycles. The Kier molecular flexibility index (Phi) is 8.66. The highest BCUT2D eigenvalue weighted by Gasteiger charge is 2.24. The molecule has 128 valence electrons. The van der Waals surface area contributed by atoms with Gasteiger partial charge in [-0.05, 0) is 46.6 Å². The van der Waals surface area contributed by atoms with Crippen molar-refractivity contribution in [2.45, 2.75) is 64.1 Å². The second kappa shape index (κ2) is 9.37. The predicted molar refractivity (Wildman–Crippen MR) is 80.9 cm³/mol. The number of hydrogen-bond donors (Lipinski definition) is 4. The van der Waals surface area contributed by atoms with Gasteiger partial charge in [-0.2, -0.15) is 0 Å². The Balaban J connectivity index is 4.30. The van der Waals surface area contributed by atoms with Crippen LogP contribution in [-0.4, -0.2) is 47.2 Å². The Bertz CT molecular complexity index is 392. The topological polar surface area (TPSA) is 145 Å². The molecule has 0 rings (SSSR count). The molecule has 0 bridgehead atoms. The molecule has 0 aliphatic rings. The van der Waals surface area contributed by atoms with Gasteiger partial charge in [-0.3, -0.25) is 9.59 Å². The average molecular weight is 317 g/mol. The van der Waals surface area contributed by atoms with Gasteiger partial charge in [0.1, 0.15) is 11.6 Å². The van der Waals surface area contributed by atoms with Crippen molar-refractivity contribution in [3.05, 3.63) is 0 Å². The first-order chi connectivity index (χ1) is 10.1. The van der Waals surface area contributed by atoms with Gasteiger partial charge >= 0.3 is 11.9 Å². The molecule has 0 aromatic heterocycles. The van der Waals surface area contributed by atoms with Crippen molar-refractivity contribution in [3.8, 4) is 0 Å². The normalized spacial score (nSPS) is 14.0. The van der Waals surface area contributed by atoms with Gasteiger partial charge in [0.25, 0.3) is 0 Å². The van der Waals surface area contributed by atoms with Crippen LogP contribution in [0.1, 0.15) is 46.5 Å². The van der Waals surface area contributed by atoms with Gasteiger partial charge in [0, 0.05) is 6.42 Å². The third kappa shape index (κ3) is 9.30. The Hall–Kier alpha value is -1.67. The SMILES string of the molecule is CC(C)(C)OC(=O)CC[C@H](N)C(=O)N[C@@H](CCCN)C(=O)O. The van der Waals surface area contributed by atoms with Gasteiger partial charge in [0.05, 0.1) is 6.04 Å². The molecule has 8 heteroatoms. The van der Waals surface area contributed by atoms with Crippen LogP contribution in [0.25, 0.3) is 0 Å². The van der Waals surface area contributed by atoms with Crippen molar-refractivity contribution in [1.29, 1.82) is 0 Å². The molecule has 0 radical (unpaired) electrons. The van der Waals surface area contributed by atoms with Gasteiger partial charge in [-0.25, -0.2) is 4.79 Å². The highest BCUT2D eigenvalue weighted by Crippen LogP contribution is 2.10. The number of carboxylic acid groups (broad SMARTS) is 1. The molecule has 0 aromatic carbocycles. The first-order valence-electron chi connectivity index (χ1n) is 7.27. The summed E-state index contributed by atoms with van der Waals surface area (Å²) in [6, 6.07) is -1.99. The number of aliphatic carboxylic acids is 1. The number of hydrogen-bond acceptors (Lipinski definition) is 6. The molecule has 0 heterocycles. The number of carbonyl (C=O) groups is 3. The summed E-state index contributed by atoms with van der Waals surface area (Å²) in [6.07, 6.45) is 0.789. The lowest BCUT2D eigenvalue weighted by atomic mass is 10.1. The number of nitrogens with two attached hydrogens (primary N) is 2. The Morgan fingerprint density at radius 1 is 1.23 bits per heavy atom. The zero-order valence-electron chi connectivity index (χ0n) is 13.4. The highest BCUT2D eigenvalue weighted by atomic mass is 16.6. The summed E-state index contributed by atoms with van der Waals surface area (Å²) in [6.45, 7) is 5.57. The first kappa shape index (κ1) is 20.3. The average Bonchev–Trinajstić information content (AvgIpc) is 2.38. The number of nitrogens with one attached hydrogen (secondary N) is 1. The summed E-state index contributed by atoms with van der Waals surface area (Å²) in [5.41, 5.74) is 10.4. The molecule has 0 aliphatic carbocycles. The predicted octanol–water partition coefficient (Wildman–Crippen LogP) is -0.256. The highest BCUT2D eigenvalue weighted by molar-refractivity contribution is 5.87. The van der Waals surface area contributed by atoms with Crippen LogP contribution < -0.4 is 16.8 Å². The molecule has 0 saturated heterocycles. The second-order valence-corrected chi connectivity index (χ2v) is 6.06. The third-order valence-electron chi connectivity index (χ3n) is 2.73. The Morgan fingerprint density at radius 2 is 1.82 bits per heavy atom. The molecule has 22 heavy (non-hydrogen) atoms. The summed E-state index contributed by atoms with van der Waals surface area (Å²) >= 11 is 0. The van der Waals surface area contributed by atoms with Crippen molar-refractivity contribution >= 4 is 17.8 Å². The first-order valence-corrected chi connectivity index (χ1v) is 7.27. The van der Waals surface area contributed by atoms with E-state index in [4.69, 9.17) is 21.3 Å². The van der Waals surface area contributed by atoms with Crippen LogP contribution in [0.3, 0.4) is 0 Å². The fourth-order valence-electron chi connectivity index (χ4n) is 1.66. The van der Waals surface area contributed by atoms with Crippen LogP contribution in [0.15, 0.2) is 0 Å². The summed E-state index contributed by atoms with van der Waals surface area (Å²) in [5, 5.41) is 11.4. The smallest absolute Gasteiger partial charge is 0.326 e. The van der Waals surface area contributed by atoms with E-state index in [2.05, 4.69) is 5.32 Å². The van der Waals surface area contributed by atoms with Crippen molar-refractivity contribution in [2.75, 3.05) is 6.54 Å². The molecule has 0 aromatic rings. The monoisotopic (exact) mass is 317 g/mol. The zero-order valence-corrected chi connectivity index (χ0v) is 13.4. The number of amides is 1. The lowest BCUT2D eigenvalue weighted by Gasteiger charge is -2.20. The fraction of sp³-hybridized carbons (Fsp3) is 0.786. The maximum Gasteiger partial charge on any atom is 0.326 e. The molecular weight excluding hydrogens is 290 g/mol. The standard InChI is InChI=1S/C14H27N3O5/c1-14(2,3)22-11(18)7-6-9(16)12(19)17-10(13(20)21)5-4-8-15/h9-10H,4-8,15-16H2,1-3H3,(H,17,19)(H,20,21)/t9-,10-/m0/s1. The summed E-state index contributed by atoms with van der Waals surface area (Å²) in [5.74, 6) is -2.19. The lowest BCUT2D eigenvalue weighted by Crippen LogP contribution is -2.48. The van der Waals surface area contributed by atoms with Crippen LogP contribution in [0.4, 0.5) is 0 Å². The van der Waals surface area contributed by atoms with E-state index in [9.17, 15) is 14.4 Å². The maximum atomic E-state index is 11.8. The van der Waals surface area contributed by atoms with Gasteiger partial charge in [0.2, 0.25) is 5.91 Å². The van der Waals surface area contributed by atoms with Crippen molar-refractivity contribution in [2.24, 2.45) is 11.5 Å². The Labute approximate surface area is 130 Å². The molecular formula is C14H27N3O5. The van der Waals surface area contributed by atoms with Gasteiger partial charge in [-0.15, -0.1) is 0 Å².